The van der Waals surface area contributed by atoms with Crippen molar-refractivity contribution in [2.45, 2.75) is 39.1 Å². The lowest BCUT2D eigenvalue weighted by molar-refractivity contribution is -0.385. The van der Waals surface area contributed by atoms with Crippen LogP contribution in [-0.2, 0) is 22.3 Å². The van der Waals surface area contributed by atoms with Crippen LogP contribution in [0.2, 0.25) is 0 Å². The number of ether oxygens (including phenoxy) is 1. The zero-order valence-electron chi connectivity index (χ0n) is 15.5. The summed E-state index contributed by atoms with van der Waals surface area (Å²) in [6.45, 7) is 8.85. The van der Waals surface area contributed by atoms with E-state index in [0.29, 0.717) is 25.6 Å². The van der Waals surface area contributed by atoms with Crippen LogP contribution in [0.5, 0.6) is 0 Å². The lowest BCUT2D eigenvalue weighted by Gasteiger charge is -2.28. The Hall–Kier alpha value is -2.20. The molecule has 0 unspecified atom stereocenters. The molecule has 27 heavy (non-hydrogen) atoms. The number of hydrogen-bond donors (Lipinski definition) is 1. The summed E-state index contributed by atoms with van der Waals surface area (Å²) in [5.74, 6) is 0. The molecule has 1 aromatic rings. The van der Waals surface area contributed by atoms with Gasteiger partial charge in [-0.1, -0.05) is 6.07 Å². The number of nitro benzene ring substituents is 1. The summed E-state index contributed by atoms with van der Waals surface area (Å²) in [6, 6.07) is 2.92. The maximum Gasteiger partial charge on any atom is 0.416 e. The van der Waals surface area contributed by atoms with E-state index in [1.54, 1.807) is 0 Å². The number of rotatable bonds is 4. The summed E-state index contributed by atoms with van der Waals surface area (Å²) in [6.07, 6.45) is -4.59. The zero-order chi connectivity index (χ0) is 20.7. The largest absolute Gasteiger partial charge is 0.462 e. The van der Waals surface area contributed by atoms with Crippen LogP contribution in [0, 0.1) is 10.1 Å². The second-order valence-corrected chi connectivity index (χ2v) is 6.95. The van der Waals surface area contributed by atoms with Crippen LogP contribution >= 0.6 is 0 Å². The molecule has 1 fully saturated rings. The third-order valence-electron chi connectivity index (χ3n) is 3.61. The molecule has 152 valence electrons. The Bertz CT molecular complexity index is 639. The lowest BCUT2D eigenvalue weighted by atomic mass is 10.1. The number of benzene rings is 1. The molecule has 0 aliphatic carbocycles. The molecule has 10 heteroatoms. The third kappa shape index (κ3) is 8.35. The van der Waals surface area contributed by atoms with Crippen LogP contribution in [-0.4, -0.2) is 48.1 Å². The summed E-state index contributed by atoms with van der Waals surface area (Å²) in [4.78, 5) is 21.3. The maximum atomic E-state index is 13.0. The molecule has 1 saturated heterocycles. The first-order chi connectivity index (χ1) is 12.4. The SMILES string of the molecule is CC(C)(C)OC=O.O=[N+]([O-])c1ccc(CN2CCNCC2)c(C(F)(F)F)c1. The van der Waals surface area contributed by atoms with Crippen LogP contribution in [0.1, 0.15) is 31.9 Å². The molecule has 0 amide bonds. The smallest absolute Gasteiger partial charge is 0.416 e. The summed E-state index contributed by atoms with van der Waals surface area (Å²) in [7, 11) is 0. The van der Waals surface area contributed by atoms with Gasteiger partial charge in [0.25, 0.3) is 12.2 Å². The van der Waals surface area contributed by atoms with E-state index in [9.17, 15) is 28.1 Å². The number of piperazine rings is 1. The Kier molecular flexibility index (Phi) is 8.17. The molecule has 1 aromatic carbocycles. The molecule has 0 radical (unpaired) electrons. The van der Waals surface area contributed by atoms with Gasteiger partial charge >= 0.3 is 6.18 Å². The molecule has 0 spiro atoms. The number of non-ortho nitro benzene ring substituents is 1. The first-order valence-electron chi connectivity index (χ1n) is 8.33. The summed E-state index contributed by atoms with van der Waals surface area (Å²) in [5, 5.41) is 13.7. The monoisotopic (exact) mass is 391 g/mol. The van der Waals surface area contributed by atoms with E-state index in [-0.39, 0.29) is 17.7 Å². The number of nitro groups is 1. The second-order valence-electron chi connectivity index (χ2n) is 6.95. The summed E-state index contributed by atoms with van der Waals surface area (Å²) < 4.78 is 43.5. The first-order valence-corrected chi connectivity index (χ1v) is 8.33. The van der Waals surface area contributed by atoms with Gasteiger partial charge in [0.15, 0.2) is 0 Å². The molecule has 1 aliphatic heterocycles. The van der Waals surface area contributed by atoms with Crippen LogP contribution in [0.4, 0.5) is 18.9 Å². The number of halogens is 3. The minimum atomic E-state index is -4.59. The van der Waals surface area contributed by atoms with Crippen molar-refractivity contribution < 1.29 is 27.6 Å². The van der Waals surface area contributed by atoms with Crippen LogP contribution in [0.15, 0.2) is 18.2 Å². The number of carbonyl (C=O) groups is 1. The third-order valence-corrected chi connectivity index (χ3v) is 3.61. The Morgan fingerprint density at radius 2 is 1.85 bits per heavy atom. The molecule has 0 bridgehead atoms. The average Bonchev–Trinajstić information content (AvgIpc) is 2.54. The van der Waals surface area contributed by atoms with E-state index >= 15 is 0 Å². The minimum Gasteiger partial charge on any atom is -0.462 e. The van der Waals surface area contributed by atoms with Crippen molar-refractivity contribution in [3.05, 3.63) is 39.4 Å². The van der Waals surface area contributed by atoms with Crippen LogP contribution in [0.25, 0.3) is 0 Å². The van der Waals surface area contributed by atoms with E-state index < -0.39 is 22.4 Å². The normalized spacial score (nSPS) is 15.5. The molecule has 0 aromatic heterocycles. The quantitative estimate of drug-likeness (QED) is 0.483. The topological polar surface area (TPSA) is 84.7 Å². The fourth-order valence-electron chi connectivity index (χ4n) is 2.33. The van der Waals surface area contributed by atoms with Crippen molar-refractivity contribution >= 4 is 12.2 Å². The zero-order valence-corrected chi connectivity index (χ0v) is 15.5. The molecule has 0 atom stereocenters. The van der Waals surface area contributed by atoms with Crippen LogP contribution < -0.4 is 5.32 Å². The molecular weight excluding hydrogens is 367 g/mol. The highest BCUT2D eigenvalue weighted by molar-refractivity contribution is 5.41. The van der Waals surface area contributed by atoms with Crippen molar-refractivity contribution in [2.24, 2.45) is 0 Å². The van der Waals surface area contributed by atoms with Gasteiger partial charge in [-0.3, -0.25) is 19.8 Å². The minimum absolute atomic E-state index is 0.0741. The molecule has 7 nitrogen and oxygen atoms in total. The average molecular weight is 391 g/mol. The van der Waals surface area contributed by atoms with Crippen molar-refractivity contribution in [1.29, 1.82) is 0 Å². The predicted molar refractivity (Wildman–Crippen MR) is 93.1 cm³/mol. The van der Waals surface area contributed by atoms with Crippen molar-refractivity contribution in [1.82, 2.24) is 10.2 Å². The van der Waals surface area contributed by atoms with Gasteiger partial charge in [-0.05, 0) is 26.3 Å². The first kappa shape index (κ1) is 22.8. The standard InChI is InChI=1S/C12H14F3N3O2.C5H10O2/c13-12(14,15)11-7-10(18(19)20)2-1-9(11)8-17-5-3-16-4-6-17;1-5(2,3)7-4-6/h1-2,7,16H,3-6,8H2;4H,1-3H3. The van der Waals surface area contributed by atoms with E-state index in [1.165, 1.54) is 6.07 Å². The number of nitrogens with one attached hydrogen (secondary N) is 1. The van der Waals surface area contributed by atoms with Crippen molar-refractivity contribution in [3.63, 3.8) is 0 Å². The molecule has 1 N–H and O–H groups in total. The van der Waals surface area contributed by atoms with Gasteiger partial charge in [0.2, 0.25) is 0 Å². The highest BCUT2D eigenvalue weighted by Gasteiger charge is 2.35. The summed E-state index contributed by atoms with van der Waals surface area (Å²) >= 11 is 0. The van der Waals surface area contributed by atoms with E-state index in [0.717, 1.165) is 19.2 Å². The van der Waals surface area contributed by atoms with E-state index in [2.05, 4.69) is 10.1 Å². The van der Waals surface area contributed by atoms with E-state index in [1.807, 2.05) is 25.7 Å². The maximum absolute atomic E-state index is 13.0. The number of carbonyl (C=O) groups excluding carboxylic acids is 1. The molecule has 2 rings (SSSR count). The van der Waals surface area contributed by atoms with Crippen molar-refractivity contribution in [3.8, 4) is 0 Å². The van der Waals surface area contributed by atoms with Gasteiger partial charge in [-0.25, -0.2) is 0 Å². The number of alkyl halides is 3. The highest BCUT2D eigenvalue weighted by Crippen LogP contribution is 2.34. The lowest BCUT2D eigenvalue weighted by Crippen LogP contribution is -2.43. The van der Waals surface area contributed by atoms with Gasteiger partial charge < -0.3 is 10.1 Å². The Balaban J connectivity index is 0.000000445. The highest BCUT2D eigenvalue weighted by atomic mass is 19.4. The van der Waals surface area contributed by atoms with Crippen molar-refractivity contribution in [2.75, 3.05) is 26.2 Å². The number of hydrogen-bond acceptors (Lipinski definition) is 6. The Morgan fingerprint density at radius 1 is 1.26 bits per heavy atom. The van der Waals surface area contributed by atoms with Gasteiger partial charge in [0.05, 0.1) is 10.5 Å². The summed E-state index contributed by atoms with van der Waals surface area (Å²) in [5.41, 5.74) is -1.71. The molecular formula is C17H24F3N3O4. The number of nitrogens with zero attached hydrogens (tertiary/aromatic N) is 2. The fraction of sp³-hybridized carbons (Fsp3) is 0.588. The predicted octanol–water partition coefficient (Wildman–Crippen LogP) is 2.98. The van der Waals surface area contributed by atoms with Gasteiger partial charge in [0, 0.05) is 44.9 Å². The fourth-order valence-corrected chi connectivity index (χ4v) is 2.33. The molecule has 1 heterocycles. The van der Waals surface area contributed by atoms with Gasteiger partial charge in [-0.15, -0.1) is 0 Å². The molecule has 1 aliphatic rings. The Morgan fingerprint density at radius 3 is 2.26 bits per heavy atom. The van der Waals surface area contributed by atoms with E-state index in [4.69, 9.17) is 0 Å². The second kappa shape index (κ2) is 9.65. The Labute approximate surface area is 155 Å². The van der Waals surface area contributed by atoms with Gasteiger partial charge in [-0.2, -0.15) is 13.2 Å². The van der Waals surface area contributed by atoms with Gasteiger partial charge in [0.1, 0.15) is 5.60 Å². The van der Waals surface area contributed by atoms with Crippen LogP contribution in [0.3, 0.4) is 0 Å². The molecule has 0 saturated carbocycles.